The van der Waals surface area contributed by atoms with Gasteiger partial charge < -0.3 is 9.84 Å². The molecule has 142 valence electrons. The molecular formula is C22H20N2O4. The Morgan fingerprint density at radius 2 is 1.25 bits per heavy atom. The number of hydrogen-bond donors (Lipinski definition) is 3. The van der Waals surface area contributed by atoms with Crippen LogP contribution < -0.4 is 10.6 Å². The molecule has 3 aromatic rings. The maximum atomic E-state index is 11.9. The summed E-state index contributed by atoms with van der Waals surface area (Å²) in [5.41, 5.74) is 4.24. The normalized spacial score (nSPS) is 10.1. The minimum atomic E-state index is -1.09. The van der Waals surface area contributed by atoms with Crippen molar-refractivity contribution < 1.29 is 19.4 Å². The fraction of sp³-hybridized carbons (Fsp3) is 0.0909. The number of carbonyl (C=O) groups excluding carboxylic acids is 1. The molecule has 0 aliphatic carbocycles. The van der Waals surface area contributed by atoms with Gasteiger partial charge in [-0.15, -0.1) is 0 Å². The van der Waals surface area contributed by atoms with Gasteiger partial charge >= 0.3 is 12.2 Å². The van der Waals surface area contributed by atoms with Crippen LogP contribution in [0, 0.1) is 0 Å². The van der Waals surface area contributed by atoms with Crippen molar-refractivity contribution in [1.82, 2.24) is 0 Å². The highest BCUT2D eigenvalue weighted by Gasteiger charge is 2.05. The van der Waals surface area contributed by atoms with Gasteiger partial charge in [0, 0.05) is 11.4 Å². The van der Waals surface area contributed by atoms with Gasteiger partial charge in [0.05, 0.1) is 0 Å². The topological polar surface area (TPSA) is 87.7 Å². The lowest BCUT2D eigenvalue weighted by Crippen LogP contribution is -2.13. The van der Waals surface area contributed by atoms with Crippen LogP contribution in [0.4, 0.5) is 21.0 Å². The van der Waals surface area contributed by atoms with E-state index < -0.39 is 12.2 Å². The predicted octanol–water partition coefficient (Wildman–Crippen LogP) is 5.12. The number of ether oxygens (including phenoxy) is 1. The highest BCUT2D eigenvalue weighted by molar-refractivity contribution is 5.84. The molecule has 0 heterocycles. The Labute approximate surface area is 162 Å². The molecule has 0 aliphatic rings. The van der Waals surface area contributed by atoms with E-state index in [-0.39, 0.29) is 6.61 Å². The summed E-state index contributed by atoms with van der Waals surface area (Å²) in [6, 6.07) is 24.2. The fourth-order valence-corrected chi connectivity index (χ4v) is 2.65. The SMILES string of the molecule is O=C(O)Nc1ccc(Cc2ccc(NC(=O)OCc3ccccc3)cc2)cc1. The summed E-state index contributed by atoms with van der Waals surface area (Å²) in [4.78, 5) is 22.5. The zero-order chi connectivity index (χ0) is 19.8. The Morgan fingerprint density at radius 3 is 1.79 bits per heavy atom. The third-order valence-electron chi connectivity index (χ3n) is 4.03. The first-order valence-electron chi connectivity index (χ1n) is 8.74. The second-order valence-electron chi connectivity index (χ2n) is 6.19. The average molecular weight is 376 g/mol. The molecule has 0 unspecified atom stereocenters. The average Bonchev–Trinajstić information content (AvgIpc) is 2.70. The van der Waals surface area contributed by atoms with Gasteiger partial charge in [-0.05, 0) is 47.4 Å². The van der Waals surface area contributed by atoms with Crippen molar-refractivity contribution >= 4 is 23.6 Å². The van der Waals surface area contributed by atoms with Gasteiger partial charge in [-0.25, -0.2) is 9.59 Å². The lowest BCUT2D eigenvalue weighted by Gasteiger charge is -2.08. The molecule has 0 saturated heterocycles. The summed E-state index contributed by atoms with van der Waals surface area (Å²) >= 11 is 0. The van der Waals surface area contributed by atoms with E-state index in [1.807, 2.05) is 66.7 Å². The smallest absolute Gasteiger partial charge is 0.411 e. The van der Waals surface area contributed by atoms with Crippen LogP contribution in [0.15, 0.2) is 78.9 Å². The Balaban J connectivity index is 1.50. The first-order chi connectivity index (χ1) is 13.6. The summed E-state index contributed by atoms with van der Waals surface area (Å²) in [6.07, 6.45) is -0.886. The Morgan fingerprint density at radius 1 is 0.714 bits per heavy atom. The first-order valence-corrected chi connectivity index (χ1v) is 8.74. The molecule has 0 atom stereocenters. The van der Waals surface area contributed by atoms with Gasteiger partial charge in [-0.1, -0.05) is 54.6 Å². The summed E-state index contributed by atoms with van der Waals surface area (Å²) in [6.45, 7) is 0.220. The van der Waals surface area contributed by atoms with Crippen molar-refractivity contribution in [2.24, 2.45) is 0 Å². The molecule has 6 heteroatoms. The van der Waals surface area contributed by atoms with E-state index in [4.69, 9.17) is 9.84 Å². The molecule has 3 rings (SSSR count). The highest BCUT2D eigenvalue weighted by atomic mass is 16.5. The predicted molar refractivity (Wildman–Crippen MR) is 108 cm³/mol. The molecule has 0 bridgehead atoms. The summed E-state index contributed by atoms with van der Waals surface area (Å²) in [5.74, 6) is 0. The van der Waals surface area contributed by atoms with Crippen LogP contribution in [0.2, 0.25) is 0 Å². The van der Waals surface area contributed by atoms with E-state index in [0.29, 0.717) is 17.8 Å². The zero-order valence-corrected chi connectivity index (χ0v) is 15.1. The van der Waals surface area contributed by atoms with E-state index in [1.54, 1.807) is 12.1 Å². The molecule has 0 aliphatic heterocycles. The highest BCUT2D eigenvalue weighted by Crippen LogP contribution is 2.16. The maximum Gasteiger partial charge on any atom is 0.411 e. The molecule has 0 fully saturated rings. The number of hydrogen-bond acceptors (Lipinski definition) is 3. The number of carbonyl (C=O) groups is 2. The molecular weight excluding hydrogens is 356 g/mol. The van der Waals surface area contributed by atoms with Gasteiger partial charge in [0.15, 0.2) is 0 Å². The molecule has 6 nitrogen and oxygen atoms in total. The van der Waals surface area contributed by atoms with E-state index in [2.05, 4.69) is 10.6 Å². The minimum Gasteiger partial charge on any atom is -0.465 e. The molecule has 0 radical (unpaired) electrons. The number of carboxylic acid groups (broad SMARTS) is 1. The molecule has 0 aromatic heterocycles. The lowest BCUT2D eigenvalue weighted by molar-refractivity contribution is 0.155. The van der Waals surface area contributed by atoms with Gasteiger partial charge in [0.1, 0.15) is 6.61 Å². The lowest BCUT2D eigenvalue weighted by atomic mass is 10.0. The van der Waals surface area contributed by atoms with Crippen LogP contribution in [0.5, 0.6) is 0 Å². The van der Waals surface area contributed by atoms with E-state index in [9.17, 15) is 9.59 Å². The van der Waals surface area contributed by atoms with Crippen molar-refractivity contribution in [3.8, 4) is 0 Å². The molecule has 0 spiro atoms. The fourth-order valence-electron chi connectivity index (χ4n) is 2.65. The van der Waals surface area contributed by atoms with Crippen molar-refractivity contribution in [3.05, 3.63) is 95.6 Å². The molecule has 3 aromatic carbocycles. The number of anilines is 2. The van der Waals surface area contributed by atoms with Gasteiger partial charge in [-0.2, -0.15) is 0 Å². The van der Waals surface area contributed by atoms with Gasteiger partial charge in [0.25, 0.3) is 0 Å². The largest absolute Gasteiger partial charge is 0.465 e. The molecule has 2 amide bonds. The molecule has 28 heavy (non-hydrogen) atoms. The van der Waals surface area contributed by atoms with Crippen molar-refractivity contribution in [1.29, 1.82) is 0 Å². The first kappa shape index (κ1) is 19.0. The third-order valence-corrected chi connectivity index (χ3v) is 4.03. The van der Waals surface area contributed by atoms with E-state index >= 15 is 0 Å². The number of rotatable bonds is 6. The van der Waals surface area contributed by atoms with E-state index in [0.717, 1.165) is 16.7 Å². The number of benzene rings is 3. The van der Waals surface area contributed by atoms with Crippen LogP contribution in [0.25, 0.3) is 0 Å². The zero-order valence-electron chi connectivity index (χ0n) is 15.1. The Bertz CT molecular complexity index is 923. The quantitative estimate of drug-likeness (QED) is 0.557. The molecule has 3 N–H and O–H groups in total. The van der Waals surface area contributed by atoms with E-state index in [1.165, 1.54) is 0 Å². The molecule has 0 saturated carbocycles. The Hall–Kier alpha value is -3.80. The summed E-state index contributed by atoms with van der Waals surface area (Å²) < 4.78 is 5.20. The maximum absolute atomic E-state index is 11.9. The van der Waals surface area contributed by atoms with Crippen molar-refractivity contribution in [3.63, 3.8) is 0 Å². The van der Waals surface area contributed by atoms with Crippen LogP contribution in [0.3, 0.4) is 0 Å². The van der Waals surface area contributed by atoms with Crippen LogP contribution in [0.1, 0.15) is 16.7 Å². The monoisotopic (exact) mass is 376 g/mol. The third kappa shape index (κ3) is 5.88. The van der Waals surface area contributed by atoms with Gasteiger partial charge in [-0.3, -0.25) is 10.6 Å². The van der Waals surface area contributed by atoms with Crippen LogP contribution >= 0.6 is 0 Å². The summed E-state index contributed by atoms with van der Waals surface area (Å²) in [7, 11) is 0. The second kappa shape index (κ2) is 9.23. The van der Waals surface area contributed by atoms with Gasteiger partial charge in [0.2, 0.25) is 0 Å². The number of nitrogens with one attached hydrogen (secondary N) is 2. The van der Waals surface area contributed by atoms with Crippen LogP contribution in [-0.4, -0.2) is 17.3 Å². The number of amides is 2. The van der Waals surface area contributed by atoms with Crippen molar-refractivity contribution in [2.45, 2.75) is 13.0 Å². The van der Waals surface area contributed by atoms with Crippen LogP contribution in [-0.2, 0) is 17.8 Å². The Kier molecular flexibility index (Phi) is 6.25. The van der Waals surface area contributed by atoms with Crippen molar-refractivity contribution in [2.75, 3.05) is 10.6 Å². The second-order valence-corrected chi connectivity index (χ2v) is 6.19. The summed E-state index contributed by atoms with van der Waals surface area (Å²) in [5, 5.41) is 13.7. The standard InChI is InChI=1S/C22H20N2O4/c25-21(26)23-19-10-6-16(7-11-19)14-17-8-12-20(13-9-17)24-22(27)28-15-18-4-2-1-3-5-18/h1-13,23H,14-15H2,(H,24,27)(H,25,26). The minimum absolute atomic E-state index is 0.220.